The van der Waals surface area contributed by atoms with Crippen molar-refractivity contribution in [2.24, 2.45) is 5.18 Å². The number of amidine groups is 1. The third-order valence-corrected chi connectivity index (χ3v) is 2.29. The molecule has 7 nitrogen and oxygen atoms in total. The molecule has 3 amide bonds. The molecule has 0 spiro atoms. The second-order valence-electron chi connectivity index (χ2n) is 3.04. The first-order chi connectivity index (χ1) is 7.08. The summed E-state index contributed by atoms with van der Waals surface area (Å²) in [7, 11) is 0. The van der Waals surface area contributed by atoms with Crippen molar-refractivity contribution in [3.8, 4) is 0 Å². The molecule has 15 heavy (non-hydrogen) atoms. The van der Waals surface area contributed by atoms with E-state index in [9.17, 15) is 14.5 Å². The second kappa shape index (κ2) is 4.16. The number of urea groups is 1. The molecule has 1 fully saturated rings. The van der Waals surface area contributed by atoms with Gasteiger partial charge in [-0.05, 0) is 19.0 Å². The number of rotatable bonds is 3. The van der Waals surface area contributed by atoms with Crippen molar-refractivity contribution in [3.63, 3.8) is 0 Å². The molecule has 1 aliphatic rings. The first kappa shape index (κ1) is 11.3. The molecule has 0 aliphatic carbocycles. The van der Waals surface area contributed by atoms with Gasteiger partial charge in [-0.3, -0.25) is 10.2 Å². The van der Waals surface area contributed by atoms with Gasteiger partial charge in [0, 0.05) is 6.54 Å². The van der Waals surface area contributed by atoms with Crippen LogP contribution in [0.2, 0.25) is 0 Å². The van der Waals surface area contributed by atoms with Gasteiger partial charge >= 0.3 is 6.03 Å². The fourth-order valence-electron chi connectivity index (χ4n) is 1.48. The Morgan fingerprint density at radius 1 is 1.27 bits per heavy atom. The van der Waals surface area contributed by atoms with Gasteiger partial charge in [-0.2, -0.15) is 4.90 Å². The zero-order chi connectivity index (χ0) is 11.6. The summed E-state index contributed by atoms with van der Waals surface area (Å²) in [5.41, 5.74) is 0. The maximum Gasteiger partial charge on any atom is 0.417 e. The van der Waals surface area contributed by atoms with Crippen LogP contribution in [0.3, 0.4) is 0 Å². The third-order valence-electron chi connectivity index (χ3n) is 2.29. The molecule has 1 heterocycles. The van der Waals surface area contributed by atoms with E-state index in [1.54, 1.807) is 13.8 Å². The zero-order valence-electron chi connectivity index (χ0n) is 8.64. The number of likely N-dealkylation sites (N-methyl/N-ethyl adjacent to an activating group) is 2. The van der Waals surface area contributed by atoms with Crippen molar-refractivity contribution in [2.45, 2.75) is 19.9 Å². The highest BCUT2D eigenvalue weighted by atomic mass is 16.3. The number of nitroso groups, excluding NO2 is 1. The Balaban J connectivity index is 3.08. The zero-order valence-corrected chi connectivity index (χ0v) is 8.64. The molecule has 0 saturated carbocycles. The van der Waals surface area contributed by atoms with E-state index in [0.29, 0.717) is 6.54 Å². The maximum absolute atomic E-state index is 11.7. The van der Waals surface area contributed by atoms with Crippen LogP contribution in [0.15, 0.2) is 5.18 Å². The van der Waals surface area contributed by atoms with Gasteiger partial charge in [-0.25, -0.2) is 9.69 Å². The fourth-order valence-corrected chi connectivity index (χ4v) is 1.48. The van der Waals surface area contributed by atoms with Crippen LogP contribution in [-0.2, 0) is 4.79 Å². The Morgan fingerprint density at radius 2 is 1.80 bits per heavy atom. The highest BCUT2D eigenvalue weighted by Gasteiger charge is 2.48. The standard InChI is InChI=1S/C8H12N4O3/c1-3-11-6(9)5(10-15)7(13)12(4-2)8(11)14/h5,9H,3-4H2,1-2H3/p+1. The molecule has 0 aromatic rings. The Labute approximate surface area is 86.5 Å². The lowest BCUT2D eigenvalue weighted by molar-refractivity contribution is -0.144. The lowest BCUT2D eigenvalue weighted by atomic mass is 10.1. The number of amides is 3. The predicted molar refractivity (Wildman–Crippen MR) is 51.7 cm³/mol. The summed E-state index contributed by atoms with van der Waals surface area (Å²) in [4.78, 5) is 35.8. The molecule has 1 atom stereocenters. The van der Waals surface area contributed by atoms with Crippen LogP contribution in [-0.4, -0.2) is 46.7 Å². The first-order valence-electron chi connectivity index (χ1n) is 4.66. The number of nitrogens with zero attached hydrogens (tertiary/aromatic N) is 3. The molecule has 82 valence electrons. The smallest absolute Gasteiger partial charge is 0.288 e. The van der Waals surface area contributed by atoms with Crippen LogP contribution < -0.4 is 5.41 Å². The summed E-state index contributed by atoms with van der Waals surface area (Å²) in [5, 5.41) is 8.17. The van der Waals surface area contributed by atoms with Gasteiger partial charge < -0.3 is 0 Å². The number of carbonyl (C=O) groups excluding carboxylic acids is 2. The number of imide groups is 1. The van der Waals surface area contributed by atoms with Crippen molar-refractivity contribution in [2.75, 3.05) is 13.1 Å². The summed E-state index contributed by atoms with van der Waals surface area (Å²) in [6, 6.07) is -1.77. The summed E-state index contributed by atoms with van der Waals surface area (Å²) >= 11 is 0. The number of nitrogens with two attached hydrogens (primary N) is 1. The monoisotopic (exact) mass is 213 g/mol. The predicted octanol–water partition coefficient (Wildman–Crippen LogP) is -1.42. The van der Waals surface area contributed by atoms with Crippen LogP contribution in [0.4, 0.5) is 4.79 Å². The van der Waals surface area contributed by atoms with Gasteiger partial charge in [-0.15, -0.1) is 4.91 Å². The van der Waals surface area contributed by atoms with Gasteiger partial charge in [0.1, 0.15) is 0 Å². The van der Waals surface area contributed by atoms with E-state index in [4.69, 9.17) is 5.41 Å². The summed E-state index contributed by atoms with van der Waals surface area (Å²) in [5.74, 6) is -0.744. The minimum atomic E-state index is -1.28. The van der Waals surface area contributed by atoms with Gasteiger partial charge in [0.25, 0.3) is 17.8 Å². The van der Waals surface area contributed by atoms with Crippen molar-refractivity contribution < 1.29 is 15.0 Å². The maximum atomic E-state index is 11.7. The molecule has 1 unspecified atom stereocenters. The highest BCUT2D eigenvalue weighted by molar-refractivity contribution is 6.18. The first-order valence-corrected chi connectivity index (χ1v) is 4.66. The summed E-state index contributed by atoms with van der Waals surface area (Å²) in [6.45, 7) is 3.86. The Kier molecular flexibility index (Phi) is 3.13. The van der Waals surface area contributed by atoms with Crippen molar-refractivity contribution in [1.82, 2.24) is 9.80 Å². The minimum absolute atomic E-state index is 0.0906. The van der Waals surface area contributed by atoms with Crippen molar-refractivity contribution in [3.05, 3.63) is 4.91 Å². The van der Waals surface area contributed by atoms with E-state index in [1.165, 1.54) is 4.90 Å². The molecule has 0 radical (unpaired) electrons. The van der Waals surface area contributed by atoms with Crippen molar-refractivity contribution >= 4 is 17.8 Å². The molecule has 0 aromatic heterocycles. The number of hydrogen-bond acceptors (Lipinski definition) is 4. The summed E-state index contributed by atoms with van der Waals surface area (Å²) < 4.78 is 0. The minimum Gasteiger partial charge on any atom is -0.288 e. The number of carbonyl (C=O) groups is 2. The number of hydrogen-bond donors (Lipinski definition) is 1. The summed E-state index contributed by atoms with van der Waals surface area (Å²) in [6.07, 6.45) is 0. The molecule has 7 heteroatoms. The average Bonchev–Trinajstić information content (AvgIpc) is 2.19. The van der Waals surface area contributed by atoms with E-state index in [0.717, 1.165) is 4.90 Å². The van der Waals surface area contributed by atoms with E-state index in [2.05, 4.69) is 5.18 Å². The van der Waals surface area contributed by atoms with Crippen LogP contribution in [0.25, 0.3) is 0 Å². The normalized spacial score (nSPS) is 22.3. The van der Waals surface area contributed by atoms with Crippen molar-refractivity contribution in [1.29, 1.82) is 0 Å². The largest absolute Gasteiger partial charge is 0.417 e. The molecule has 0 aromatic carbocycles. The Bertz CT molecular complexity index is 302. The SMILES string of the molecule is CCN1C(=[NH2+])C(N=O)C(=O)N(CC)C1=O. The second-order valence-corrected chi connectivity index (χ2v) is 3.04. The molecular weight excluding hydrogens is 200 g/mol. The van der Waals surface area contributed by atoms with E-state index < -0.39 is 18.0 Å². The lowest BCUT2D eigenvalue weighted by Crippen LogP contribution is -2.69. The van der Waals surface area contributed by atoms with Crippen LogP contribution in [0.1, 0.15) is 13.8 Å². The van der Waals surface area contributed by atoms with E-state index in [1.807, 2.05) is 0 Å². The van der Waals surface area contributed by atoms with Gasteiger partial charge in [0.05, 0.1) is 6.54 Å². The quantitative estimate of drug-likeness (QED) is 0.583. The third kappa shape index (κ3) is 1.60. The topological polar surface area (TPSA) is 95.6 Å². The van der Waals surface area contributed by atoms with Gasteiger partial charge in [0.2, 0.25) is 0 Å². The van der Waals surface area contributed by atoms with E-state index >= 15 is 0 Å². The molecule has 1 saturated heterocycles. The molecule has 2 N–H and O–H groups in total. The van der Waals surface area contributed by atoms with Gasteiger partial charge in [0.15, 0.2) is 0 Å². The lowest BCUT2D eigenvalue weighted by Gasteiger charge is -2.29. The van der Waals surface area contributed by atoms with Crippen LogP contribution >= 0.6 is 0 Å². The van der Waals surface area contributed by atoms with Crippen LogP contribution in [0, 0.1) is 4.91 Å². The Morgan fingerprint density at radius 3 is 2.20 bits per heavy atom. The average molecular weight is 213 g/mol. The molecule has 1 rings (SSSR count). The van der Waals surface area contributed by atoms with Gasteiger partial charge in [-0.1, -0.05) is 0 Å². The highest BCUT2D eigenvalue weighted by Crippen LogP contribution is 2.13. The molecule has 0 bridgehead atoms. The Hall–Kier alpha value is -1.79. The van der Waals surface area contributed by atoms with E-state index in [-0.39, 0.29) is 12.4 Å². The fraction of sp³-hybridized carbons (Fsp3) is 0.625. The van der Waals surface area contributed by atoms with Crippen LogP contribution in [0.5, 0.6) is 0 Å². The molecule has 1 aliphatic heterocycles. The molecular formula is C8H13N4O3+.